The highest BCUT2D eigenvalue weighted by Gasteiger charge is 2.16. The molecule has 0 saturated carbocycles. The molecule has 0 aliphatic rings. The molecular weight excluding hydrogens is 228 g/mol. The third kappa shape index (κ3) is 5.27. The lowest BCUT2D eigenvalue weighted by molar-refractivity contribution is -0.120. The van der Waals surface area contributed by atoms with Crippen LogP contribution in [0.4, 0.5) is 0 Å². The lowest BCUT2D eigenvalue weighted by Crippen LogP contribution is -2.25. The molecule has 0 aromatic carbocycles. The fourth-order valence-electron chi connectivity index (χ4n) is 1.94. The lowest BCUT2D eigenvalue weighted by atomic mass is 9.95. The van der Waals surface area contributed by atoms with Crippen molar-refractivity contribution in [2.75, 3.05) is 0 Å². The first-order chi connectivity index (χ1) is 8.49. The zero-order valence-electron chi connectivity index (χ0n) is 11.1. The van der Waals surface area contributed by atoms with Crippen LogP contribution in [0.5, 0.6) is 0 Å². The molecule has 0 unspecified atom stereocenters. The van der Waals surface area contributed by atoms with Crippen molar-refractivity contribution >= 4 is 5.91 Å². The Balaban J connectivity index is 2.31. The van der Waals surface area contributed by atoms with Gasteiger partial charge in [0.15, 0.2) is 0 Å². The summed E-state index contributed by atoms with van der Waals surface area (Å²) in [7, 11) is 0. The first kappa shape index (κ1) is 14.6. The van der Waals surface area contributed by atoms with Crippen LogP contribution in [0.25, 0.3) is 0 Å². The summed E-state index contributed by atoms with van der Waals surface area (Å²) in [6.07, 6.45) is 2.13. The van der Waals surface area contributed by atoms with Crippen molar-refractivity contribution in [3.8, 4) is 0 Å². The van der Waals surface area contributed by atoms with E-state index in [9.17, 15) is 9.90 Å². The summed E-state index contributed by atoms with van der Waals surface area (Å²) in [5.41, 5.74) is 7.16. The number of aryl methyl sites for hydroxylation is 2. The fourth-order valence-corrected chi connectivity index (χ4v) is 1.94. The number of hydrogen-bond donors (Lipinski definition) is 2. The molecule has 3 N–H and O–H groups in total. The molecular formula is C14H22N2O2. The number of carbonyl (C=O) groups excluding carboxylic acids is 1. The molecule has 0 fully saturated rings. The number of aromatic nitrogens is 1. The number of carbonyl (C=O) groups is 1. The standard InChI is InChI=1S/C14H22N2O2/c1-10(13(17)9-14(15)18)5-3-7-12-8-4-6-11(2)16-12/h4,6,8,10,13,17H,3,5,7,9H2,1-2H3,(H2,15,18)/t10-,13+/m1/s1. The molecule has 0 spiro atoms. The maximum Gasteiger partial charge on any atom is 0.220 e. The molecule has 1 aromatic heterocycles. The van der Waals surface area contributed by atoms with Crippen LogP contribution >= 0.6 is 0 Å². The highest BCUT2D eigenvalue weighted by molar-refractivity contribution is 5.74. The number of nitrogens with two attached hydrogens (primary N) is 1. The van der Waals surface area contributed by atoms with E-state index < -0.39 is 12.0 Å². The van der Waals surface area contributed by atoms with Crippen molar-refractivity contribution in [3.05, 3.63) is 29.6 Å². The number of primary amides is 1. The molecule has 1 rings (SSSR count). The van der Waals surface area contributed by atoms with Crippen LogP contribution in [-0.2, 0) is 11.2 Å². The van der Waals surface area contributed by atoms with Gasteiger partial charge in [0.25, 0.3) is 0 Å². The molecule has 1 amide bonds. The van der Waals surface area contributed by atoms with Crippen molar-refractivity contribution in [3.63, 3.8) is 0 Å². The number of rotatable bonds is 7. The molecule has 0 aliphatic carbocycles. The molecule has 0 radical (unpaired) electrons. The Morgan fingerprint density at radius 1 is 1.50 bits per heavy atom. The van der Waals surface area contributed by atoms with Crippen LogP contribution in [0, 0.1) is 12.8 Å². The number of aliphatic hydroxyl groups is 1. The highest BCUT2D eigenvalue weighted by atomic mass is 16.3. The van der Waals surface area contributed by atoms with Gasteiger partial charge in [0.05, 0.1) is 12.5 Å². The number of aliphatic hydroxyl groups excluding tert-OH is 1. The van der Waals surface area contributed by atoms with Crippen LogP contribution in [0.1, 0.15) is 37.6 Å². The van der Waals surface area contributed by atoms with Gasteiger partial charge in [-0.1, -0.05) is 13.0 Å². The Bertz CT molecular complexity index is 393. The van der Waals surface area contributed by atoms with Crippen LogP contribution in [0.2, 0.25) is 0 Å². The van der Waals surface area contributed by atoms with E-state index in [0.717, 1.165) is 30.7 Å². The molecule has 0 aliphatic heterocycles. The average molecular weight is 250 g/mol. The minimum atomic E-state index is -0.632. The van der Waals surface area contributed by atoms with Crippen molar-refractivity contribution < 1.29 is 9.90 Å². The summed E-state index contributed by atoms with van der Waals surface area (Å²) in [5.74, 6) is -0.364. The van der Waals surface area contributed by atoms with Gasteiger partial charge in [-0.05, 0) is 44.2 Å². The second kappa shape index (κ2) is 7.11. The van der Waals surface area contributed by atoms with Crippen LogP contribution in [0.15, 0.2) is 18.2 Å². The molecule has 0 bridgehead atoms. The maximum atomic E-state index is 10.7. The summed E-state index contributed by atoms with van der Waals surface area (Å²) in [6, 6.07) is 5.99. The second-order valence-corrected chi connectivity index (χ2v) is 4.88. The van der Waals surface area contributed by atoms with Gasteiger partial charge in [-0.15, -0.1) is 0 Å². The summed E-state index contributed by atoms with van der Waals surface area (Å²) < 4.78 is 0. The Labute approximate surface area is 108 Å². The number of amides is 1. The van der Waals surface area contributed by atoms with E-state index in [-0.39, 0.29) is 12.3 Å². The van der Waals surface area contributed by atoms with Gasteiger partial charge in [-0.3, -0.25) is 9.78 Å². The Hall–Kier alpha value is -1.42. The SMILES string of the molecule is Cc1cccc(CCC[C@@H](C)[C@@H](O)CC(N)=O)n1. The first-order valence-corrected chi connectivity index (χ1v) is 6.38. The topological polar surface area (TPSA) is 76.2 Å². The zero-order valence-corrected chi connectivity index (χ0v) is 11.1. The number of nitrogens with zero attached hydrogens (tertiary/aromatic N) is 1. The Morgan fingerprint density at radius 2 is 2.22 bits per heavy atom. The van der Waals surface area contributed by atoms with Gasteiger partial charge in [-0.25, -0.2) is 0 Å². The van der Waals surface area contributed by atoms with Crippen molar-refractivity contribution in [1.29, 1.82) is 0 Å². The summed E-state index contributed by atoms with van der Waals surface area (Å²) >= 11 is 0. The van der Waals surface area contributed by atoms with Gasteiger partial charge in [0.2, 0.25) is 5.91 Å². The third-order valence-electron chi connectivity index (χ3n) is 3.11. The van der Waals surface area contributed by atoms with Gasteiger partial charge < -0.3 is 10.8 Å². The molecule has 1 heterocycles. The van der Waals surface area contributed by atoms with Crippen LogP contribution < -0.4 is 5.73 Å². The molecule has 100 valence electrons. The summed E-state index contributed by atoms with van der Waals surface area (Å²) in [6.45, 7) is 3.92. The average Bonchev–Trinajstić information content (AvgIpc) is 2.28. The molecule has 18 heavy (non-hydrogen) atoms. The Kier molecular flexibility index (Phi) is 5.78. The monoisotopic (exact) mass is 250 g/mol. The normalized spacial score (nSPS) is 14.2. The molecule has 0 saturated heterocycles. The first-order valence-electron chi connectivity index (χ1n) is 6.38. The van der Waals surface area contributed by atoms with E-state index in [4.69, 9.17) is 5.73 Å². The minimum Gasteiger partial charge on any atom is -0.392 e. The van der Waals surface area contributed by atoms with Gasteiger partial charge in [0, 0.05) is 11.4 Å². The van der Waals surface area contributed by atoms with E-state index in [1.165, 1.54) is 0 Å². The molecule has 4 heteroatoms. The van der Waals surface area contributed by atoms with E-state index in [1.807, 2.05) is 32.0 Å². The van der Waals surface area contributed by atoms with E-state index in [0.29, 0.717) is 0 Å². The summed E-state index contributed by atoms with van der Waals surface area (Å²) in [5, 5.41) is 9.71. The van der Waals surface area contributed by atoms with Crippen LogP contribution in [-0.4, -0.2) is 22.1 Å². The molecule has 2 atom stereocenters. The maximum absolute atomic E-state index is 10.7. The largest absolute Gasteiger partial charge is 0.392 e. The van der Waals surface area contributed by atoms with Gasteiger partial charge in [0.1, 0.15) is 0 Å². The van der Waals surface area contributed by atoms with Gasteiger partial charge in [-0.2, -0.15) is 0 Å². The van der Waals surface area contributed by atoms with Gasteiger partial charge >= 0.3 is 0 Å². The Morgan fingerprint density at radius 3 is 2.83 bits per heavy atom. The quantitative estimate of drug-likeness (QED) is 0.771. The zero-order chi connectivity index (χ0) is 13.5. The minimum absolute atomic E-state index is 0.0455. The van der Waals surface area contributed by atoms with E-state index in [1.54, 1.807) is 0 Å². The van der Waals surface area contributed by atoms with Crippen molar-refractivity contribution in [2.24, 2.45) is 11.7 Å². The van der Waals surface area contributed by atoms with E-state index >= 15 is 0 Å². The highest BCUT2D eigenvalue weighted by Crippen LogP contribution is 2.15. The number of pyridine rings is 1. The second-order valence-electron chi connectivity index (χ2n) is 4.88. The smallest absolute Gasteiger partial charge is 0.220 e. The van der Waals surface area contributed by atoms with E-state index in [2.05, 4.69) is 4.98 Å². The third-order valence-corrected chi connectivity index (χ3v) is 3.11. The van der Waals surface area contributed by atoms with Crippen molar-refractivity contribution in [2.45, 2.75) is 45.6 Å². The fraction of sp³-hybridized carbons (Fsp3) is 0.571. The van der Waals surface area contributed by atoms with Crippen molar-refractivity contribution in [1.82, 2.24) is 4.98 Å². The van der Waals surface area contributed by atoms with Crippen LogP contribution in [0.3, 0.4) is 0 Å². The lowest BCUT2D eigenvalue weighted by Gasteiger charge is -2.17. The molecule has 1 aromatic rings. The molecule has 4 nitrogen and oxygen atoms in total. The predicted molar refractivity (Wildman–Crippen MR) is 70.9 cm³/mol. The summed E-state index contributed by atoms with van der Waals surface area (Å²) in [4.78, 5) is 15.1. The number of hydrogen-bond acceptors (Lipinski definition) is 3. The predicted octanol–water partition coefficient (Wildman–Crippen LogP) is 1.59.